The molecule has 3 aromatic rings. The van der Waals surface area contributed by atoms with Crippen LogP contribution in [-0.4, -0.2) is 25.9 Å². The minimum absolute atomic E-state index is 0.217. The molecule has 0 aliphatic carbocycles. The van der Waals surface area contributed by atoms with Gasteiger partial charge in [-0.05, 0) is 65.5 Å². The number of aromatic amines is 1. The van der Waals surface area contributed by atoms with Crippen LogP contribution in [0.15, 0.2) is 37.9 Å². The molecule has 2 N–H and O–H groups in total. The number of hydrogen-bond donors (Lipinski definition) is 2. The van der Waals surface area contributed by atoms with Crippen molar-refractivity contribution in [3.05, 3.63) is 59.2 Å². The molecule has 0 bridgehead atoms. The number of aromatic nitrogens is 4. The Balaban J connectivity index is 1.78. The van der Waals surface area contributed by atoms with Crippen LogP contribution in [0.4, 0.5) is 5.82 Å². The second-order valence-electron chi connectivity index (χ2n) is 4.91. The number of amides is 1. The molecule has 6 nitrogen and oxygen atoms in total. The van der Waals surface area contributed by atoms with Gasteiger partial charge in [0.25, 0.3) is 5.91 Å². The molecular weight excluding hydrogens is 565 g/mol. The lowest BCUT2D eigenvalue weighted by atomic mass is 10.2. The fourth-order valence-corrected chi connectivity index (χ4v) is 3.53. The number of hydrogen-bond acceptors (Lipinski definition) is 3. The highest BCUT2D eigenvalue weighted by atomic mass is 79.9. The molecule has 0 saturated carbocycles. The summed E-state index contributed by atoms with van der Waals surface area (Å²) in [6, 6.07) is 5.26. The van der Waals surface area contributed by atoms with Crippen LogP contribution in [0.1, 0.15) is 16.1 Å². The Morgan fingerprint density at radius 2 is 2.04 bits per heavy atom. The number of nitrogens with zero attached hydrogens (tertiary/aromatic N) is 3. The second kappa shape index (κ2) is 7.79. The summed E-state index contributed by atoms with van der Waals surface area (Å²) in [5, 5.41) is 14.8. The second-order valence-corrected chi connectivity index (χ2v) is 8.20. The molecule has 1 amide bonds. The van der Waals surface area contributed by atoms with E-state index >= 15 is 0 Å². The number of anilines is 1. The van der Waals surface area contributed by atoms with Gasteiger partial charge in [-0.1, -0.05) is 29.3 Å². The molecule has 25 heavy (non-hydrogen) atoms. The van der Waals surface area contributed by atoms with Gasteiger partial charge in [0, 0.05) is 16.2 Å². The Hall–Kier alpha value is -0.870. The van der Waals surface area contributed by atoms with E-state index in [4.69, 9.17) is 23.2 Å². The zero-order chi connectivity index (χ0) is 18.1. The normalized spacial score (nSPS) is 10.9. The SMILES string of the molecule is O=C(Nc1nn(Cc2ccc(Cl)cc2Cl)cc1Br)c1n[nH]c(Br)c1Br. The summed E-state index contributed by atoms with van der Waals surface area (Å²) >= 11 is 22.0. The molecule has 0 radical (unpaired) electrons. The van der Waals surface area contributed by atoms with Gasteiger partial charge < -0.3 is 5.32 Å². The number of carbonyl (C=O) groups excluding carboxylic acids is 1. The third kappa shape index (κ3) is 4.28. The Morgan fingerprint density at radius 1 is 1.28 bits per heavy atom. The van der Waals surface area contributed by atoms with E-state index in [1.165, 1.54) is 0 Å². The average molecular weight is 573 g/mol. The molecule has 0 spiro atoms. The maximum atomic E-state index is 12.3. The van der Waals surface area contributed by atoms with Crippen molar-refractivity contribution in [2.24, 2.45) is 0 Å². The van der Waals surface area contributed by atoms with Crippen LogP contribution in [0.5, 0.6) is 0 Å². The predicted octanol–water partition coefficient (Wildman–Crippen LogP) is 5.50. The van der Waals surface area contributed by atoms with Crippen LogP contribution >= 0.6 is 71.0 Å². The van der Waals surface area contributed by atoms with Crippen molar-refractivity contribution in [1.29, 1.82) is 0 Å². The van der Waals surface area contributed by atoms with Crippen molar-refractivity contribution in [3.8, 4) is 0 Å². The molecule has 11 heteroatoms. The highest BCUT2D eigenvalue weighted by Gasteiger charge is 2.19. The lowest BCUT2D eigenvalue weighted by Gasteiger charge is -2.05. The number of benzene rings is 1. The highest BCUT2D eigenvalue weighted by molar-refractivity contribution is 9.13. The Morgan fingerprint density at radius 3 is 2.68 bits per heavy atom. The van der Waals surface area contributed by atoms with Crippen molar-refractivity contribution in [2.75, 3.05) is 5.32 Å². The number of halogens is 5. The molecule has 0 aliphatic rings. The molecule has 0 atom stereocenters. The van der Waals surface area contributed by atoms with Crippen LogP contribution in [0.25, 0.3) is 0 Å². The van der Waals surface area contributed by atoms with Gasteiger partial charge >= 0.3 is 0 Å². The van der Waals surface area contributed by atoms with E-state index in [0.29, 0.717) is 36.0 Å². The fourth-order valence-electron chi connectivity index (χ4n) is 2.01. The van der Waals surface area contributed by atoms with Crippen molar-refractivity contribution in [1.82, 2.24) is 20.0 Å². The Bertz CT molecular complexity index is 956. The summed E-state index contributed by atoms with van der Waals surface area (Å²) in [6.07, 6.45) is 1.75. The number of H-pyrrole nitrogens is 1. The third-order valence-electron chi connectivity index (χ3n) is 3.18. The first-order chi connectivity index (χ1) is 11.8. The summed E-state index contributed by atoms with van der Waals surface area (Å²) in [7, 11) is 0. The van der Waals surface area contributed by atoms with Gasteiger partial charge in [-0.15, -0.1) is 0 Å². The quantitative estimate of drug-likeness (QED) is 0.434. The smallest absolute Gasteiger partial charge is 0.278 e. The standard InChI is InChI=1S/C14H8Br3Cl2N5O/c15-8-5-24(4-6-1-2-7(18)3-9(6)19)23-13(8)20-14(25)11-10(16)12(17)22-21-11/h1-3,5H,4H2,(H,21,22)(H,20,23,25). The fraction of sp³-hybridized carbons (Fsp3) is 0.0714. The lowest BCUT2D eigenvalue weighted by Crippen LogP contribution is -2.14. The number of rotatable bonds is 4. The summed E-state index contributed by atoms with van der Waals surface area (Å²) in [4.78, 5) is 12.3. The highest BCUT2D eigenvalue weighted by Crippen LogP contribution is 2.27. The molecule has 2 aromatic heterocycles. The van der Waals surface area contributed by atoms with E-state index in [0.717, 1.165) is 5.56 Å². The lowest BCUT2D eigenvalue weighted by molar-refractivity contribution is 0.102. The van der Waals surface area contributed by atoms with Gasteiger partial charge in [0.1, 0.15) is 4.60 Å². The molecule has 130 valence electrons. The maximum absolute atomic E-state index is 12.3. The topological polar surface area (TPSA) is 75.6 Å². The van der Waals surface area contributed by atoms with Gasteiger partial charge in [0.15, 0.2) is 11.5 Å². The molecule has 0 aliphatic heterocycles. The van der Waals surface area contributed by atoms with Gasteiger partial charge in [-0.25, -0.2) is 0 Å². The monoisotopic (exact) mass is 569 g/mol. The van der Waals surface area contributed by atoms with Crippen LogP contribution in [0, 0.1) is 0 Å². The summed E-state index contributed by atoms with van der Waals surface area (Å²) in [5.74, 6) is -0.0228. The van der Waals surface area contributed by atoms with Crippen LogP contribution < -0.4 is 5.32 Å². The molecule has 3 rings (SSSR count). The molecule has 2 heterocycles. The molecule has 1 aromatic carbocycles. The average Bonchev–Trinajstić information content (AvgIpc) is 3.06. The Labute approximate surface area is 177 Å². The van der Waals surface area contributed by atoms with Gasteiger partial charge in [0.05, 0.1) is 15.5 Å². The van der Waals surface area contributed by atoms with Crippen LogP contribution in [0.3, 0.4) is 0 Å². The zero-order valence-electron chi connectivity index (χ0n) is 12.2. The predicted molar refractivity (Wildman–Crippen MR) is 107 cm³/mol. The summed E-state index contributed by atoms with van der Waals surface area (Å²) < 4.78 is 3.41. The van der Waals surface area contributed by atoms with Gasteiger partial charge in [-0.3, -0.25) is 14.6 Å². The summed E-state index contributed by atoms with van der Waals surface area (Å²) in [6.45, 7) is 0.433. The first kappa shape index (κ1) is 18.9. The van der Waals surface area contributed by atoms with Gasteiger partial charge in [0.2, 0.25) is 0 Å². The van der Waals surface area contributed by atoms with E-state index in [1.807, 2.05) is 6.07 Å². The first-order valence-corrected chi connectivity index (χ1v) is 9.86. The Kier molecular flexibility index (Phi) is 5.89. The van der Waals surface area contributed by atoms with E-state index in [2.05, 4.69) is 68.4 Å². The first-order valence-electron chi connectivity index (χ1n) is 6.72. The van der Waals surface area contributed by atoms with Crippen molar-refractivity contribution >= 4 is 82.7 Å². The van der Waals surface area contributed by atoms with Crippen LogP contribution in [-0.2, 0) is 6.54 Å². The maximum Gasteiger partial charge on any atom is 0.278 e. The van der Waals surface area contributed by atoms with Crippen molar-refractivity contribution in [3.63, 3.8) is 0 Å². The third-order valence-corrected chi connectivity index (χ3v) is 6.22. The zero-order valence-corrected chi connectivity index (χ0v) is 18.4. The summed E-state index contributed by atoms with van der Waals surface area (Å²) in [5.41, 5.74) is 1.08. The number of carbonyl (C=O) groups is 1. The van der Waals surface area contributed by atoms with E-state index in [1.54, 1.807) is 23.0 Å². The molecule has 0 unspecified atom stereocenters. The minimum atomic E-state index is -0.399. The molecule has 0 fully saturated rings. The van der Waals surface area contributed by atoms with E-state index in [-0.39, 0.29) is 5.69 Å². The molecule has 0 saturated heterocycles. The minimum Gasteiger partial charge on any atom is -0.303 e. The van der Waals surface area contributed by atoms with Crippen molar-refractivity contribution < 1.29 is 4.79 Å². The van der Waals surface area contributed by atoms with Crippen LogP contribution in [0.2, 0.25) is 10.0 Å². The van der Waals surface area contributed by atoms with E-state index < -0.39 is 5.91 Å². The largest absolute Gasteiger partial charge is 0.303 e. The van der Waals surface area contributed by atoms with Gasteiger partial charge in [-0.2, -0.15) is 10.2 Å². The van der Waals surface area contributed by atoms with Crippen molar-refractivity contribution in [2.45, 2.75) is 6.54 Å². The van der Waals surface area contributed by atoms with E-state index in [9.17, 15) is 4.79 Å². The number of nitrogens with one attached hydrogen (secondary N) is 2. The molecular formula is C14H8Br3Cl2N5O.